The van der Waals surface area contributed by atoms with Crippen LogP contribution in [0.4, 0.5) is 0 Å². The standard InChI is InChI=1S/C22H12.2K/c1-2-8-14-13(7-1)19-15-9-3-4-10-16(15)21-18-12-6-5-11-17(18)20(14)22(19)21;;/h1-12H;;/q-2;2*+1. The Hall–Kier alpha value is 0.413. The fraction of sp³-hybridized carbons (Fsp3) is 0. The zero-order valence-corrected chi connectivity index (χ0v) is 20.2. The second-order valence-electron chi connectivity index (χ2n) is 6.14. The number of hydrogen-bond acceptors (Lipinski definition) is 0. The molecule has 6 aromatic carbocycles. The molecule has 0 unspecified atom stereocenters. The summed E-state index contributed by atoms with van der Waals surface area (Å²) in [5.41, 5.74) is 0. The summed E-state index contributed by atoms with van der Waals surface area (Å²) in [7, 11) is 0. The SMILES string of the molecule is [K+].[K+].c1ccc2c(c1)c1c3ccccc3[c-]3c4ccccc4[c-]2c13. The Morgan fingerprint density at radius 3 is 1.29 bits per heavy atom. The van der Waals surface area contributed by atoms with E-state index in [2.05, 4.69) is 72.8 Å². The number of fused-ring (bicyclic) bond motifs is 9. The fourth-order valence-electron chi connectivity index (χ4n) is 4.38. The van der Waals surface area contributed by atoms with Crippen molar-refractivity contribution in [3.05, 3.63) is 72.8 Å². The first-order valence-electron chi connectivity index (χ1n) is 7.73. The molecule has 0 saturated carbocycles. The maximum Gasteiger partial charge on any atom is 1.00 e. The molecule has 24 heavy (non-hydrogen) atoms. The normalized spacial score (nSPS) is 11.5. The average Bonchev–Trinajstić information content (AvgIpc) is 3.19. The Morgan fingerprint density at radius 2 is 0.833 bits per heavy atom. The molecule has 0 aliphatic rings. The van der Waals surface area contributed by atoms with Gasteiger partial charge in [0.2, 0.25) is 0 Å². The molecule has 0 heterocycles. The van der Waals surface area contributed by atoms with E-state index in [0.29, 0.717) is 0 Å². The summed E-state index contributed by atoms with van der Waals surface area (Å²) in [4.78, 5) is 0. The van der Waals surface area contributed by atoms with Gasteiger partial charge in [0, 0.05) is 0 Å². The van der Waals surface area contributed by atoms with Crippen LogP contribution in [-0.4, -0.2) is 0 Å². The minimum Gasteiger partial charge on any atom is -0.165 e. The molecule has 0 N–H and O–H groups in total. The van der Waals surface area contributed by atoms with Crippen LogP contribution < -0.4 is 103 Å². The van der Waals surface area contributed by atoms with Crippen LogP contribution in [0.25, 0.3) is 53.9 Å². The molecule has 0 atom stereocenters. The monoisotopic (exact) mass is 354 g/mol. The van der Waals surface area contributed by atoms with Gasteiger partial charge >= 0.3 is 103 Å². The molecule has 6 aromatic rings. The van der Waals surface area contributed by atoms with Crippen LogP contribution in [0.2, 0.25) is 0 Å². The van der Waals surface area contributed by atoms with Crippen LogP contribution in [0.5, 0.6) is 0 Å². The summed E-state index contributed by atoms with van der Waals surface area (Å²) in [5, 5.41) is 14.1. The molecule has 0 bridgehead atoms. The van der Waals surface area contributed by atoms with E-state index in [-0.39, 0.29) is 103 Å². The molecule has 0 nitrogen and oxygen atoms in total. The third-order valence-electron chi connectivity index (χ3n) is 5.15. The summed E-state index contributed by atoms with van der Waals surface area (Å²) < 4.78 is 0. The smallest absolute Gasteiger partial charge is 0.165 e. The van der Waals surface area contributed by atoms with Crippen molar-refractivity contribution in [3.63, 3.8) is 0 Å². The molecule has 0 fully saturated rings. The van der Waals surface area contributed by atoms with E-state index < -0.39 is 0 Å². The maximum absolute atomic E-state index is 2.27. The van der Waals surface area contributed by atoms with Crippen LogP contribution in [0.1, 0.15) is 0 Å². The van der Waals surface area contributed by atoms with E-state index in [4.69, 9.17) is 0 Å². The van der Waals surface area contributed by atoms with Gasteiger partial charge in [-0.1, -0.05) is 47.2 Å². The van der Waals surface area contributed by atoms with E-state index in [1.54, 1.807) is 0 Å². The van der Waals surface area contributed by atoms with Gasteiger partial charge in [-0.2, -0.15) is 26.9 Å². The van der Waals surface area contributed by atoms with E-state index in [0.717, 1.165) is 0 Å². The minimum absolute atomic E-state index is 0. The van der Waals surface area contributed by atoms with Gasteiger partial charge < -0.3 is 0 Å². The molecule has 0 aliphatic carbocycles. The summed E-state index contributed by atoms with van der Waals surface area (Å²) >= 11 is 0. The van der Waals surface area contributed by atoms with Gasteiger partial charge in [0.15, 0.2) is 0 Å². The maximum atomic E-state index is 2.27. The van der Waals surface area contributed by atoms with E-state index in [9.17, 15) is 0 Å². The Kier molecular flexibility index (Phi) is 4.85. The van der Waals surface area contributed by atoms with Crippen LogP contribution in [-0.2, 0) is 0 Å². The van der Waals surface area contributed by atoms with Crippen molar-refractivity contribution in [3.8, 4) is 0 Å². The Bertz CT molecular complexity index is 1060. The van der Waals surface area contributed by atoms with Gasteiger partial charge in [0.25, 0.3) is 0 Å². The molecule has 6 rings (SSSR count). The van der Waals surface area contributed by atoms with Crippen LogP contribution >= 0.6 is 0 Å². The summed E-state index contributed by atoms with van der Waals surface area (Å²) in [5.74, 6) is 0. The molecule has 0 radical (unpaired) electrons. The number of rotatable bonds is 0. The van der Waals surface area contributed by atoms with Gasteiger partial charge in [-0.3, -0.25) is 0 Å². The second-order valence-corrected chi connectivity index (χ2v) is 6.14. The van der Waals surface area contributed by atoms with E-state index in [1.807, 2.05) is 0 Å². The topological polar surface area (TPSA) is 0 Å². The second kappa shape index (κ2) is 6.54. The minimum atomic E-state index is 0. The molecular weight excluding hydrogens is 342 g/mol. The largest absolute Gasteiger partial charge is 1.00 e. The van der Waals surface area contributed by atoms with Crippen molar-refractivity contribution >= 4 is 53.9 Å². The average molecular weight is 355 g/mol. The Morgan fingerprint density at radius 1 is 0.458 bits per heavy atom. The zero-order valence-electron chi connectivity index (χ0n) is 13.9. The zero-order chi connectivity index (χ0) is 14.3. The summed E-state index contributed by atoms with van der Waals surface area (Å²) in [6.07, 6.45) is 0. The van der Waals surface area contributed by atoms with Gasteiger partial charge in [0.05, 0.1) is 0 Å². The van der Waals surface area contributed by atoms with Gasteiger partial charge in [-0.05, 0) is 0 Å². The molecular formula is C22H12K2. The predicted octanol–water partition coefficient (Wildman–Crippen LogP) is 0.336. The van der Waals surface area contributed by atoms with Crippen molar-refractivity contribution in [1.29, 1.82) is 0 Å². The van der Waals surface area contributed by atoms with Crippen molar-refractivity contribution in [2.24, 2.45) is 0 Å². The van der Waals surface area contributed by atoms with Crippen molar-refractivity contribution in [2.75, 3.05) is 0 Å². The molecule has 2 heteroatoms. The van der Waals surface area contributed by atoms with E-state index >= 15 is 0 Å². The first kappa shape index (κ1) is 17.8. The quantitative estimate of drug-likeness (QED) is 0.273. The van der Waals surface area contributed by atoms with Crippen molar-refractivity contribution in [1.82, 2.24) is 0 Å². The fourth-order valence-corrected chi connectivity index (χ4v) is 4.38. The van der Waals surface area contributed by atoms with Gasteiger partial charge in [-0.15, -0.1) is 52.6 Å². The van der Waals surface area contributed by atoms with E-state index in [1.165, 1.54) is 53.9 Å². The summed E-state index contributed by atoms with van der Waals surface area (Å²) in [6, 6.07) is 26.5. The predicted molar refractivity (Wildman–Crippen MR) is 96.3 cm³/mol. The molecule has 0 aliphatic heterocycles. The number of benzene rings is 3. The first-order chi connectivity index (χ1) is 10.9. The molecule has 102 valence electrons. The van der Waals surface area contributed by atoms with Crippen LogP contribution in [0.15, 0.2) is 72.8 Å². The third-order valence-corrected chi connectivity index (χ3v) is 5.15. The molecule has 0 spiro atoms. The number of hydrogen-bond donors (Lipinski definition) is 0. The summed E-state index contributed by atoms with van der Waals surface area (Å²) in [6.45, 7) is 0. The van der Waals surface area contributed by atoms with Crippen LogP contribution in [0, 0.1) is 0 Å². The molecule has 0 amide bonds. The Balaban J connectivity index is 0.000000729. The van der Waals surface area contributed by atoms with Crippen molar-refractivity contribution < 1.29 is 103 Å². The third kappa shape index (κ3) is 2.13. The first-order valence-corrected chi connectivity index (χ1v) is 7.73. The van der Waals surface area contributed by atoms with Gasteiger partial charge in [-0.25, -0.2) is 0 Å². The molecule has 0 saturated heterocycles. The van der Waals surface area contributed by atoms with Crippen LogP contribution in [0.3, 0.4) is 0 Å². The Labute approximate surface area is 225 Å². The molecule has 0 aromatic heterocycles. The van der Waals surface area contributed by atoms with Gasteiger partial charge in [0.1, 0.15) is 0 Å². The van der Waals surface area contributed by atoms with Crippen molar-refractivity contribution in [2.45, 2.75) is 0 Å².